The summed E-state index contributed by atoms with van der Waals surface area (Å²) in [6.07, 6.45) is 16.0. The molecule has 1 N–H and O–H groups in total. The number of rotatable bonds is 5. The molecule has 0 bridgehead atoms. The Kier molecular flexibility index (Phi) is 5.93. The van der Waals surface area contributed by atoms with E-state index in [1.807, 2.05) is 44.4 Å². The van der Waals surface area contributed by atoms with Gasteiger partial charge in [0.25, 0.3) is 0 Å². The lowest BCUT2D eigenvalue weighted by Gasteiger charge is -2.27. The van der Waals surface area contributed by atoms with Crippen LogP contribution >= 0.6 is 0 Å². The van der Waals surface area contributed by atoms with Crippen LogP contribution in [0.25, 0.3) is 0 Å². The Morgan fingerprint density at radius 2 is 2.22 bits per heavy atom. The second-order valence-corrected chi connectivity index (χ2v) is 4.03. The number of nitrogens with one attached hydrogen (secondary N) is 1. The second kappa shape index (κ2) is 7.50. The van der Waals surface area contributed by atoms with E-state index in [1.165, 1.54) is 5.57 Å². The maximum atomic E-state index is 3.94. The van der Waals surface area contributed by atoms with Gasteiger partial charge in [0.05, 0.1) is 0 Å². The van der Waals surface area contributed by atoms with Crippen molar-refractivity contribution in [1.82, 2.24) is 5.32 Å². The van der Waals surface area contributed by atoms with Crippen molar-refractivity contribution in [3.8, 4) is 0 Å². The molecular weight excluding hydrogens is 218 g/mol. The van der Waals surface area contributed by atoms with Crippen molar-refractivity contribution in [3.05, 3.63) is 78.6 Å². The van der Waals surface area contributed by atoms with Crippen molar-refractivity contribution in [2.75, 3.05) is 7.05 Å². The Hall–Kier alpha value is -1.82. The molecule has 0 aromatic rings. The van der Waals surface area contributed by atoms with Crippen molar-refractivity contribution in [2.45, 2.75) is 13.0 Å². The summed E-state index contributed by atoms with van der Waals surface area (Å²) < 4.78 is 0. The first-order valence-electron chi connectivity index (χ1n) is 6.16. The molecule has 0 aromatic heterocycles. The van der Waals surface area contributed by atoms with Gasteiger partial charge < -0.3 is 5.32 Å². The smallest absolute Gasteiger partial charge is 0.0354 e. The molecule has 0 spiro atoms. The first-order chi connectivity index (χ1) is 8.78. The van der Waals surface area contributed by atoms with Crippen molar-refractivity contribution in [1.29, 1.82) is 0 Å². The van der Waals surface area contributed by atoms with Crippen LogP contribution in [0.5, 0.6) is 0 Å². The van der Waals surface area contributed by atoms with Crippen LogP contribution in [0, 0.1) is 5.92 Å². The first kappa shape index (κ1) is 14.2. The Morgan fingerprint density at radius 1 is 1.44 bits per heavy atom. The molecule has 0 aliphatic heterocycles. The Labute approximate surface area is 110 Å². The van der Waals surface area contributed by atoms with Gasteiger partial charge in [-0.3, -0.25) is 0 Å². The van der Waals surface area contributed by atoms with Gasteiger partial charge in [-0.1, -0.05) is 37.0 Å². The molecule has 18 heavy (non-hydrogen) atoms. The normalized spacial score (nSPS) is 22.8. The molecule has 0 saturated carbocycles. The van der Waals surface area contributed by atoms with E-state index >= 15 is 0 Å². The lowest BCUT2D eigenvalue weighted by atomic mass is 9.83. The van der Waals surface area contributed by atoms with Crippen LogP contribution in [0.4, 0.5) is 0 Å². The quantitative estimate of drug-likeness (QED) is 0.438. The summed E-state index contributed by atoms with van der Waals surface area (Å²) in [6.45, 7) is 9.77. The minimum atomic E-state index is 0.267. The second-order valence-electron chi connectivity index (χ2n) is 4.03. The van der Waals surface area contributed by atoms with Gasteiger partial charge in [-0.25, -0.2) is 0 Å². The zero-order chi connectivity index (χ0) is 13.4. The highest BCUT2D eigenvalue weighted by Crippen LogP contribution is 2.28. The van der Waals surface area contributed by atoms with Crippen LogP contribution in [0.3, 0.4) is 0 Å². The summed E-state index contributed by atoms with van der Waals surface area (Å²) in [7, 11) is 1.96. The fraction of sp³-hybridized carbons (Fsp3) is 0.235. The topological polar surface area (TPSA) is 12.0 Å². The Morgan fingerprint density at radius 3 is 2.78 bits per heavy atom. The maximum Gasteiger partial charge on any atom is 0.0354 e. The zero-order valence-corrected chi connectivity index (χ0v) is 11.2. The van der Waals surface area contributed by atoms with Gasteiger partial charge in [0, 0.05) is 12.0 Å². The van der Waals surface area contributed by atoms with Gasteiger partial charge in [0.1, 0.15) is 0 Å². The predicted molar refractivity (Wildman–Crippen MR) is 80.4 cm³/mol. The number of allylic oxidation sites excluding steroid dienone is 6. The fourth-order valence-electron chi connectivity index (χ4n) is 2.06. The van der Waals surface area contributed by atoms with E-state index in [4.69, 9.17) is 0 Å². The van der Waals surface area contributed by atoms with Crippen LogP contribution in [0.15, 0.2) is 78.6 Å². The molecule has 1 aliphatic carbocycles. The summed E-state index contributed by atoms with van der Waals surface area (Å²) in [5.74, 6) is 0.267. The molecule has 1 aliphatic rings. The van der Waals surface area contributed by atoms with E-state index in [1.54, 1.807) is 0 Å². The molecule has 94 valence electrons. The van der Waals surface area contributed by atoms with E-state index in [0.29, 0.717) is 0 Å². The Balaban J connectivity index is 3.11. The van der Waals surface area contributed by atoms with Crippen molar-refractivity contribution < 1.29 is 0 Å². The molecule has 1 unspecified atom stereocenters. The van der Waals surface area contributed by atoms with Crippen LogP contribution in [-0.4, -0.2) is 13.1 Å². The number of hydrogen-bond donors (Lipinski definition) is 1. The molecule has 1 rings (SSSR count). The third-order valence-electron chi connectivity index (χ3n) is 3.01. The largest absolute Gasteiger partial charge is 0.313 e. The highest BCUT2D eigenvalue weighted by Gasteiger charge is 2.22. The SMILES string of the molecule is C=C/C(=C\C=C=CC)C1=CC=C[C@@H](NC)C1C=C. The van der Waals surface area contributed by atoms with Gasteiger partial charge in [-0.2, -0.15) is 0 Å². The van der Waals surface area contributed by atoms with Gasteiger partial charge in [-0.05, 0) is 43.3 Å². The van der Waals surface area contributed by atoms with Crippen LogP contribution in [0.1, 0.15) is 6.92 Å². The third kappa shape index (κ3) is 3.33. The van der Waals surface area contributed by atoms with E-state index in [0.717, 1.165) is 5.57 Å². The Bertz CT molecular complexity index is 454. The van der Waals surface area contributed by atoms with Crippen molar-refractivity contribution in [2.24, 2.45) is 5.92 Å². The lowest BCUT2D eigenvalue weighted by Crippen LogP contribution is -2.33. The monoisotopic (exact) mass is 239 g/mol. The molecule has 0 saturated heterocycles. The molecular formula is C17H21N. The summed E-state index contributed by atoms with van der Waals surface area (Å²) in [6, 6.07) is 0.288. The van der Waals surface area contributed by atoms with Gasteiger partial charge >= 0.3 is 0 Å². The molecule has 0 heterocycles. The van der Waals surface area contributed by atoms with Gasteiger partial charge in [-0.15, -0.1) is 12.3 Å². The standard InChI is InChI=1S/C17H21N/c1-5-8-9-11-14(6-2)16-12-10-13-17(18-4)15(16)7-3/h5-7,9-13,15,17-18H,2-3H2,1,4H3/b14-11+/t8?,15?,17-/m1/s1. The van der Waals surface area contributed by atoms with E-state index in [-0.39, 0.29) is 12.0 Å². The van der Waals surface area contributed by atoms with E-state index in [9.17, 15) is 0 Å². The molecule has 1 heteroatoms. The summed E-state index contributed by atoms with van der Waals surface area (Å²) in [4.78, 5) is 0. The summed E-state index contributed by atoms with van der Waals surface area (Å²) in [5.41, 5.74) is 5.39. The predicted octanol–water partition coefficient (Wildman–Crippen LogP) is 3.72. The fourth-order valence-corrected chi connectivity index (χ4v) is 2.06. The van der Waals surface area contributed by atoms with Gasteiger partial charge in [0.2, 0.25) is 0 Å². The summed E-state index contributed by atoms with van der Waals surface area (Å²) in [5, 5.41) is 3.29. The van der Waals surface area contributed by atoms with E-state index in [2.05, 4.69) is 42.4 Å². The average Bonchev–Trinajstić information content (AvgIpc) is 2.42. The van der Waals surface area contributed by atoms with Crippen LogP contribution in [-0.2, 0) is 0 Å². The first-order valence-corrected chi connectivity index (χ1v) is 6.16. The number of likely N-dealkylation sites (N-methyl/N-ethyl adjacent to an activating group) is 1. The minimum Gasteiger partial charge on any atom is -0.313 e. The molecule has 0 aromatic carbocycles. The van der Waals surface area contributed by atoms with Crippen LogP contribution in [0.2, 0.25) is 0 Å². The highest BCUT2D eigenvalue weighted by atomic mass is 14.9. The maximum absolute atomic E-state index is 3.94. The van der Waals surface area contributed by atoms with Crippen molar-refractivity contribution >= 4 is 0 Å². The molecule has 1 nitrogen and oxygen atoms in total. The zero-order valence-electron chi connectivity index (χ0n) is 11.2. The lowest BCUT2D eigenvalue weighted by molar-refractivity contribution is 0.563. The highest BCUT2D eigenvalue weighted by molar-refractivity contribution is 5.48. The molecule has 2 atom stereocenters. The summed E-state index contributed by atoms with van der Waals surface area (Å²) >= 11 is 0. The van der Waals surface area contributed by atoms with Crippen molar-refractivity contribution in [3.63, 3.8) is 0 Å². The van der Waals surface area contributed by atoms with Crippen LogP contribution < -0.4 is 5.32 Å². The molecule has 0 amide bonds. The van der Waals surface area contributed by atoms with Gasteiger partial charge in [0.15, 0.2) is 0 Å². The molecule has 0 fully saturated rings. The third-order valence-corrected chi connectivity index (χ3v) is 3.01. The average molecular weight is 239 g/mol. The molecule has 0 radical (unpaired) electrons. The van der Waals surface area contributed by atoms with E-state index < -0.39 is 0 Å². The number of hydrogen-bond acceptors (Lipinski definition) is 1. The minimum absolute atomic E-state index is 0.267.